The van der Waals surface area contributed by atoms with E-state index in [0.29, 0.717) is 6.54 Å². The first-order valence-electron chi connectivity index (χ1n) is 4.31. The molecule has 0 aliphatic rings. The van der Waals surface area contributed by atoms with Crippen molar-refractivity contribution < 1.29 is 0 Å². The summed E-state index contributed by atoms with van der Waals surface area (Å²) in [5.41, 5.74) is 7.65. The second-order valence-electron chi connectivity index (χ2n) is 3.24. The van der Waals surface area contributed by atoms with Crippen molar-refractivity contribution in [3.05, 3.63) is 24.3 Å². The van der Waals surface area contributed by atoms with Gasteiger partial charge in [0.2, 0.25) is 0 Å². The highest BCUT2D eigenvalue weighted by atomic mass is 15.4. The van der Waals surface area contributed by atoms with Crippen LogP contribution in [0.4, 0.5) is 0 Å². The van der Waals surface area contributed by atoms with Crippen LogP contribution < -0.4 is 5.73 Å². The Morgan fingerprint density at radius 2 is 2.23 bits per heavy atom. The van der Waals surface area contributed by atoms with Gasteiger partial charge in [0.25, 0.3) is 0 Å². The van der Waals surface area contributed by atoms with Crippen molar-refractivity contribution in [2.75, 3.05) is 0 Å². The minimum atomic E-state index is 0.102. The Morgan fingerprint density at radius 3 is 3.00 bits per heavy atom. The quantitative estimate of drug-likeness (QED) is 0.735. The fourth-order valence-corrected chi connectivity index (χ4v) is 1.32. The van der Waals surface area contributed by atoms with Gasteiger partial charge < -0.3 is 5.73 Å². The Bertz CT molecular complexity index is 405. The molecule has 1 aromatic heterocycles. The van der Waals surface area contributed by atoms with Crippen molar-refractivity contribution >= 4 is 11.0 Å². The SMILES string of the molecule is C[C@H](N)Cn1nnc2ccccc21. The summed E-state index contributed by atoms with van der Waals surface area (Å²) in [5, 5.41) is 8.05. The van der Waals surface area contributed by atoms with Crippen molar-refractivity contribution in [2.45, 2.75) is 19.5 Å². The predicted octanol–water partition coefficient (Wildman–Crippen LogP) is 0.778. The van der Waals surface area contributed by atoms with Crippen molar-refractivity contribution in [3.8, 4) is 0 Å². The fraction of sp³-hybridized carbons (Fsp3) is 0.333. The van der Waals surface area contributed by atoms with Gasteiger partial charge in [0, 0.05) is 6.04 Å². The predicted molar refractivity (Wildman–Crippen MR) is 51.2 cm³/mol. The van der Waals surface area contributed by atoms with Crippen molar-refractivity contribution in [1.82, 2.24) is 15.0 Å². The number of para-hydroxylation sites is 1. The van der Waals surface area contributed by atoms with Crippen LogP contribution in [0.1, 0.15) is 6.92 Å². The highest BCUT2D eigenvalue weighted by Crippen LogP contribution is 2.09. The molecular weight excluding hydrogens is 164 g/mol. The molecule has 1 aromatic carbocycles. The number of hydrogen-bond acceptors (Lipinski definition) is 3. The zero-order chi connectivity index (χ0) is 9.26. The summed E-state index contributed by atoms with van der Waals surface area (Å²) >= 11 is 0. The minimum absolute atomic E-state index is 0.102. The molecule has 0 spiro atoms. The van der Waals surface area contributed by atoms with Crippen molar-refractivity contribution in [2.24, 2.45) is 5.73 Å². The molecule has 0 aliphatic heterocycles. The summed E-state index contributed by atoms with van der Waals surface area (Å²) in [5.74, 6) is 0. The van der Waals surface area contributed by atoms with Crippen LogP contribution in [0.3, 0.4) is 0 Å². The highest BCUT2D eigenvalue weighted by Gasteiger charge is 2.03. The molecule has 0 radical (unpaired) electrons. The third-order valence-corrected chi connectivity index (χ3v) is 1.88. The van der Waals surface area contributed by atoms with Gasteiger partial charge in [-0.15, -0.1) is 5.10 Å². The summed E-state index contributed by atoms with van der Waals surface area (Å²) in [7, 11) is 0. The van der Waals surface area contributed by atoms with Crippen LogP contribution in [0.2, 0.25) is 0 Å². The van der Waals surface area contributed by atoms with E-state index in [0.717, 1.165) is 11.0 Å². The standard InChI is InChI=1S/C9H12N4/c1-7(10)6-13-9-5-3-2-4-8(9)11-12-13/h2-5,7H,6,10H2,1H3/t7-/m0/s1. The maximum Gasteiger partial charge on any atom is 0.113 e. The normalized spacial score (nSPS) is 13.4. The molecule has 2 aromatic rings. The van der Waals surface area contributed by atoms with Gasteiger partial charge in [-0.3, -0.25) is 0 Å². The highest BCUT2D eigenvalue weighted by molar-refractivity contribution is 5.73. The van der Waals surface area contributed by atoms with Crippen LogP contribution >= 0.6 is 0 Å². The first-order valence-corrected chi connectivity index (χ1v) is 4.31. The Hall–Kier alpha value is -1.42. The van der Waals surface area contributed by atoms with E-state index < -0.39 is 0 Å². The molecule has 2 rings (SSSR count). The molecule has 0 unspecified atom stereocenters. The summed E-state index contributed by atoms with van der Waals surface area (Å²) in [6.07, 6.45) is 0. The van der Waals surface area contributed by atoms with Gasteiger partial charge in [-0.2, -0.15) is 0 Å². The smallest absolute Gasteiger partial charge is 0.113 e. The van der Waals surface area contributed by atoms with Crippen LogP contribution in [-0.2, 0) is 6.54 Å². The van der Waals surface area contributed by atoms with E-state index in [1.807, 2.05) is 35.9 Å². The second-order valence-corrected chi connectivity index (χ2v) is 3.24. The largest absolute Gasteiger partial charge is 0.326 e. The van der Waals surface area contributed by atoms with E-state index >= 15 is 0 Å². The number of hydrogen-bond donors (Lipinski definition) is 1. The molecule has 0 amide bonds. The van der Waals surface area contributed by atoms with E-state index in [4.69, 9.17) is 5.73 Å². The van der Waals surface area contributed by atoms with Gasteiger partial charge >= 0.3 is 0 Å². The van der Waals surface area contributed by atoms with E-state index in [-0.39, 0.29) is 6.04 Å². The molecule has 13 heavy (non-hydrogen) atoms. The zero-order valence-corrected chi connectivity index (χ0v) is 7.51. The molecule has 1 atom stereocenters. The molecule has 4 nitrogen and oxygen atoms in total. The van der Waals surface area contributed by atoms with E-state index in [1.54, 1.807) is 0 Å². The van der Waals surface area contributed by atoms with Crippen LogP contribution in [0.5, 0.6) is 0 Å². The molecule has 0 aliphatic carbocycles. The lowest BCUT2D eigenvalue weighted by atomic mass is 10.3. The van der Waals surface area contributed by atoms with Crippen LogP contribution in [0.25, 0.3) is 11.0 Å². The van der Waals surface area contributed by atoms with Crippen LogP contribution in [-0.4, -0.2) is 21.0 Å². The molecule has 68 valence electrons. The van der Waals surface area contributed by atoms with Gasteiger partial charge in [0.15, 0.2) is 0 Å². The molecular formula is C9H12N4. The average molecular weight is 176 g/mol. The van der Waals surface area contributed by atoms with Crippen LogP contribution in [0, 0.1) is 0 Å². The molecule has 0 fully saturated rings. The monoisotopic (exact) mass is 176 g/mol. The Balaban J connectivity index is 2.46. The molecule has 2 N–H and O–H groups in total. The summed E-state index contributed by atoms with van der Waals surface area (Å²) in [4.78, 5) is 0. The maximum absolute atomic E-state index is 5.69. The first-order chi connectivity index (χ1) is 6.27. The number of nitrogens with two attached hydrogens (primary N) is 1. The Morgan fingerprint density at radius 1 is 1.46 bits per heavy atom. The molecule has 0 bridgehead atoms. The van der Waals surface area contributed by atoms with Gasteiger partial charge in [0.05, 0.1) is 12.1 Å². The number of benzene rings is 1. The van der Waals surface area contributed by atoms with E-state index in [2.05, 4.69) is 10.3 Å². The van der Waals surface area contributed by atoms with E-state index in [1.165, 1.54) is 0 Å². The van der Waals surface area contributed by atoms with E-state index in [9.17, 15) is 0 Å². The number of rotatable bonds is 2. The lowest BCUT2D eigenvalue weighted by Gasteiger charge is -2.04. The zero-order valence-electron chi connectivity index (χ0n) is 7.51. The minimum Gasteiger partial charge on any atom is -0.326 e. The second kappa shape index (κ2) is 3.14. The summed E-state index contributed by atoms with van der Waals surface area (Å²) in [6, 6.07) is 7.97. The maximum atomic E-state index is 5.69. The third kappa shape index (κ3) is 1.53. The van der Waals surface area contributed by atoms with Gasteiger partial charge in [-0.25, -0.2) is 4.68 Å². The lowest BCUT2D eigenvalue weighted by molar-refractivity contribution is 0.536. The topological polar surface area (TPSA) is 56.7 Å². The third-order valence-electron chi connectivity index (χ3n) is 1.88. The fourth-order valence-electron chi connectivity index (χ4n) is 1.32. The molecule has 4 heteroatoms. The molecule has 1 heterocycles. The number of fused-ring (bicyclic) bond motifs is 1. The Labute approximate surface area is 76.3 Å². The summed E-state index contributed by atoms with van der Waals surface area (Å²) < 4.78 is 1.83. The van der Waals surface area contributed by atoms with Crippen molar-refractivity contribution in [1.29, 1.82) is 0 Å². The lowest BCUT2D eigenvalue weighted by Crippen LogP contribution is -2.22. The summed E-state index contributed by atoms with van der Waals surface area (Å²) in [6.45, 7) is 2.66. The van der Waals surface area contributed by atoms with Gasteiger partial charge in [-0.1, -0.05) is 17.3 Å². The average Bonchev–Trinajstić information content (AvgIpc) is 2.48. The van der Waals surface area contributed by atoms with Gasteiger partial charge in [-0.05, 0) is 19.1 Å². The Kier molecular flexibility index (Phi) is 1.98. The van der Waals surface area contributed by atoms with Crippen LogP contribution in [0.15, 0.2) is 24.3 Å². The number of nitrogens with zero attached hydrogens (tertiary/aromatic N) is 3. The van der Waals surface area contributed by atoms with Crippen molar-refractivity contribution in [3.63, 3.8) is 0 Å². The molecule has 0 saturated carbocycles. The molecule has 0 saturated heterocycles. The first kappa shape index (κ1) is 8.19. The van der Waals surface area contributed by atoms with Gasteiger partial charge in [0.1, 0.15) is 5.52 Å². The number of aromatic nitrogens is 3.